The van der Waals surface area contributed by atoms with Crippen molar-refractivity contribution in [2.24, 2.45) is 0 Å². The summed E-state index contributed by atoms with van der Waals surface area (Å²) in [6, 6.07) is 12.3. The molecule has 0 saturated heterocycles. The third-order valence-electron chi connectivity index (χ3n) is 3.84. The second kappa shape index (κ2) is 5.19. The molecule has 1 atom stereocenters. The number of aliphatic hydroxyl groups excluding tert-OH is 1. The molecule has 1 N–H and O–H groups in total. The second-order valence-electron chi connectivity index (χ2n) is 5.43. The maximum Gasteiger partial charge on any atom is 0.416 e. The van der Waals surface area contributed by atoms with Gasteiger partial charge in [-0.2, -0.15) is 13.2 Å². The van der Waals surface area contributed by atoms with Gasteiger partial charge < -0.3 is 5.11 Å². The standard InChI is InChI=1S/C17H15F3O/c18-17(19,20)13-5-3-4-12(10-13)16(21)15-7-2-1-6-14(15)11-8-9-11/h1-7,10-11,16,21H,8-9H2. The fraction of sp³-hybridized carbons (Fsp3) is 0.294. The van der Waals surface area contributed by atoms with Gasteiger partial charge in [-0.25, -0.2) is 0 Å². The van der Waals surface area contributed by atoms with Gasteiger partial charge in [-0.05, 0) is 47.6 Å². The van der Waals surface area contributed by atoms with Crippen LogP contribution in [-0.2, 0) is 6.18 Å². The fourth-order valence-corrected chi connectivity index (χ4v) is 2.59. The van der Waals surface area contributed by atoms with Gasteiger partial charge in [-0.1, -0.05) is 36.4 Å². The summed E-state index contributed by atoms with van der Waals surface area (Å²) in [6.45, 7) is 0. The molecule has 21 heavy (non-hydrogen) atoms. The van der Waals surface area contributed by atoms with Crippen LogP contribution in [0.3, 0.4) is 0 Å². The molecule has 1 saturated carbocycles. The molecule has 1 aliphatic rings. The van der Waals surface area contributed by atoms with Gasteiger partial charge in [-0.3, -0.25) is 0 Å². The zero-order valence-electron chi connectivity index (χ0n) is 11.3. The Morgan fingerprint density at radius 3 is 2.38 bits per heavy atom. The Labute approximate surface area is 121 Å². The van der Waals surface area contributed by atoms with E-state index in [4.69, 9.17) is 0 Å². The van der Waals surface area contributed by atoms with Crippen LogP contribution in [0.4, 0.5) is 13.2 Å². The molecule has 2 aromatic rings. The highest BCUT2D eigenvalue weighted by atomic mass is 19.4. The molecule has 0 aromatic heterocycles. The Kier molecular flexibility index (Phi) is 3.49. The lowest BCUT2D eigenvalue weighted by atomic mass is 9.93. The van der Waals surface area contributed by atoms with Crippen LogP contribution in [0.15, 0.2) is 48.5 Å². The maximum absolute atomic E-state index is 12.8. The van der Waals surface area contributed by atoms with Crippen LogP contribution >= 0.6 is 0 Å². The smallest absolute Gasteiger partial charge is 0.384 e. The highest BCUT2D eigenvalue weighted by Crippen LogP contribution is 2.44. The fourth-order valence-electron chi connectivity index (χ4n) is 2.59. The van der Waals surface area contributed by atoms with Crippen molar-refractivity contribution >= 4 is 0 Å². The molecule has 0 heterocycles. The van der Waals surface area contributed by atoms with E-state index in [2.05, 4.69) is 0 Å². The van der Waals surface area contributed by atoms with Crippen molar-refractivity contribution in [2.45, 2.75) is 31.0 Å². The van der Waals surface area contributed by atoms with Crippen LogP contribution in [0.25, 0.3) is 0 Å². The lowest BCUT2D eigenvalue weighted by Gasteiger charge is -2.17. The average Bonchev–Trinajstić information content (AvgIpc) is 3.30. The van der Waals surface area contributed by atoms with Crippen molar-refractivity contribution in [3.8, 4) is 0 Å². The van der Waals surface area contributed by atoms with E-state index >= 15 is 0 Å². The minimum absolute atomic E-state index is 0.276. The number of hydrogen-bond donors (Lipinski definition) is 1. The zero-order valence-corrected chi connectivity index (χ0v) is 11.3. The summed E-state index contributed by atoms with van der Waals surface area (Å²) in [5.41, 5.74) is 1.29. The summed E-state index contributed by atoms with van der Waals surface area (Å²) in [5.74, 6) is 0.432. The minimum Gasteiger partial charge on any atom is -0.384 e. The monoisotopic (exact) mass is 292 g/mol. The van der Waals surface area contributed by atoms with E-state index in [0.29, 0.717) is 11.5 Å². The molecule has 1 fully saturated rings. The summed E-state index contributed by atoms with van der Waals surface area (Å²) >= 11 is 0. The van der Waals surface area contributed by atoms with Crippen molar-refractivity contribution < 1.29 is 18.3 Å². The average molecular weight is 292 g/mol. The molecule has 3 rings (SSSR count). The van der Waals surface area contributed by atoms with Gasteiger partial charge in [0, 0.05) is 0 Å². The van der Waals surface area contributed by atoms with Gasteiger partial charge >= 0.3 is 6.18 Å². The molecule has 0 spiro atoms. The number of aliphatic hydroxyl groups is 1. The lowest BCUT2D eigenvalue weighted by Crippen LogP contribution is -2.08. The van der Waals surface area contributed by atoms with E-state index in [9.17, 15) is 18.3 Å². The van der Waals surface area contributed by atoms with Gasteiger partial charge in [0.1, 0.15) is 6.10 Å². The number of rotatable bonds is 3. The Morgan fingerprint density at radius 1 is 1.00 bits per heavy atom. The predicted molar refractivity (Wildman–Crippen MR) is 73.9 cm³/mol. The molecule has 0 bridgehead atoms. The molecule has 110 valence electrons. The number of alkyl halides is 3. The first-order chi connectivity index (χ1) is 9.97. The van der Waals surface area contributed by atoms with Crippen LogP contribution in [0, 0.1) is 0 Å². The first-order valence-corrected chi connectivity index (χ1v) is 6.91. The summed E-state index contributed by atoms with van der Waals surface area (Å²) in [5, 5.41) is 10.5. The second-order valence-corrected chi connectivity index (χ2v) is 5.43. The van der Waals surface area contributed by atoms with Gasteiger partial charge in [-0.15, -0.1) is 0 Å². The van der Waals surface area contributed by atoms with Crippen LogP contribution in [0.2, 0.25) is 0 Å². The van der Waals surface area contributed by atoms with E-state index < -0.39 is 17.8 Å². The zero-order chi connectivity index (χ0) is 15.0. The summed E-state index contributed by atoms with van der Waals surface area (Å²) < 4.78 is 38.3. The van der Waals surface area contributed by atoms with Gasteiger partial charge in [0.05, 0.1) is 5.56 Å². The Morgan fingerprint density at radius 2 is 1.71 bits per heavy atom. The highest BCUT2D eigenvalue weighted by Gasteiger charge is 2.32. The van der Waals surface area contributed by atoms with Crippen LogP contribution in [0.5, 0.6) is 0 Å². The van der Waals surface area contributed by atoms with Gasteiger partial charge in [0.25, 0.3) is 0 Å². The quantitative estimate of drug-likeness (QED) is 0.872. The Bertz CT molecular complexity index is 644. The third kappa shape index (κ3) is 2.95. The molecule has 4 heteroatoms. The molecular weight excluding hydrogens is 277 g/mol. The highest BCUT2D eigenvalue weighted by molar-refractivity contribution is 5.40. The van der Waals surface area contributed by atoms with Gasteiger partial charge in [0.15, 0.2) is 0 Å². The third-order valence-corrected chi connectivity index (χ3v) is 3.84. The molecule has 0 radical (unpaired) electrons. The number of benzene rings is 2. The minimum atomic E-state index is -4.40. The van der Waals surface area contributed by atoms with Crippen molar-refractivity contribution in [2.75, 3.05) is 0 Å². The molecule has 0 amide bonds. The lowest BCUT2D eigenvalue weighted by molar-refractivity contribution is -0.137. The maximum atomic E-state index is 12.8. The first-order valence-electron chi connectivity index (χ1n) is 6.91. The predicted octanol–water partition coefficient (Wildman–Crippen LogP) is 4.66. The van der Waals surface area contributed by atoms with E-state index in [1.54, 1.807) is 12.1 Å². The first kappa shape index (κ1) is 14.1. The van der Waals surface area contributed by atoms with E-state index in [-0.39, 0.29) is 5.56 Å². The van der Waals surface area contributed by atoms with Crippen LogP contribution < -0.4 is 0 Å². The van der Waals surface area contributed by atoms with E-state index in [1.165, 1.54) is 12.1 Å². The van der Waals surface area contributed by atoms with Crippen molar-refractivity contribution in [1.29, 1.82) is 0 Å². The van der Waals surface area contributed by atoms with E-state index in [1.807, 2.05) is 12.1 Å². The number of halogens is 3. The van der Waals surface area contributed by atoms with Crippen molar-refractivity contribution in [1.82, 2.24) is 0 Å². The van der Waals surface area contributed by atoms with Crippen LogP contribution in [-0.4, -0.2) is 5.11 Å². The summed E-state index contributed by atoms with van der Waals surface area (Å²) in [6.07, 6.45) is -3.27. The van der Waals surface area contributed by atoms with Crippen molar-refractivity contribution in [3.63, 3.8) is 0 Å². The normalized spacial score (nSPS) is 16.8. The van der Waals surface area contributed by atoms with Gasteiger partial charge in [0.2, 0.25) is 0 Å². The molecule has 0 aliphatic heterocycles. The molecule has 1 aliphatic carbocycles. The molecular formula is C17H15F3O. The Balaban J connectivity index is 1.97. The van der Waals surface area contributed by atoms with E-state index in [0.717, 1.165) is 30.5 Å². The molecule has 2 aromatic carbocycles. The topological polar surface area (TPSA) is 20.2 Å². The summed E-state index contributed by atoms with van der Waals surface area (Å²) in [4.78, 5) is 0. The SMILES string of the molecule is OC(c1cccc(C(F)(F)F)c1)c1ccccc1C1CC1. The largest absolute Gasteiger partial charge is 0.416 e. The number of hydrogen-bond acceptors (Lipinski definition) is 1. The Hall–Kier alpha value is -1.81. The summed E-state index contributed by atoms with van der Waals surface area (Å²) in [7, 11) is 0. The van der Waals surface area contributed by atoms with Crippen LogP contribution in [0.1, 0.15) is 47.1 Å². The molecule has 1 unspecified atom stereocenters. The molecule has 1 nitrogen and oxygen atoms in total. The van der Waals surface area contributed by atoms with Crippen molar-refractivity contribution in [3.05, 3.63) is 70.8 Å².